The molecule has 0 N–H and O–H groups in total. The molecule has 0 saturated heterocycles. The van der Waals surface area contributed by atoms with E-state index in [9.17, 15) is 0 Å². The molecule has 3 rings (SSSR count). The Morgan fingerprint density at radius 1 is 1.13 bits per heavy atom. The van der Waals surface area contributed by atoms with Crippen molar-refractivity contribution in [2.45, 2.75) is 45.7 Å². The summed E-state index contributed by atoms with van der Waals surface area (Å²) in [5.41, 5.74) is 0.992. The molecule has 0 amide bonds. The van der Waals surface area contributed by atoms with E-state index in [4.69, 9.17) is 10.1 Å². The number of aromatic nitrogens is 6. The number of aryl methyl sites for hydroxylation is 1. The van der Waals surface area contributed by atoms with Crippen LogP contribution in [0, 0.1) is 0 Å². The highest BCUT2D eigenvalue weighted by Crippen LogP contribution is 2.23. The van der Waals surface area contributed by atoms with Gasteiger partial charge in [-0.05, 0) is 31.0 Å². The van der Waals surface area contributed by atoms with Gasteiger partial charge in [0.1, 0.15) is 6.04 Å². The highest BCUT2D eigenvalue weighted by molar-refractivity contribution is 5.53. The van der Waals surface area contributed by atoms with Gasteiger partial charge in [0.15, 0.2) is 11.6 Å². The molecule has 6 heteroatoms. The van der Waals surface area contributed by atoms with Crippen molar-refractivity contribution in [3.63, 3.8) is 0 Å². The third-order valence-corrected chi connectivity index (χ3v) is 3.89. The number of hydrogen-bond donors (Lipinski definition) is 0. The van der Waals surface area contributed by atoms with E-state index in [1.165, 1.54) is 0 Å². The maximum absolute atomic E-state index is 4.82. The van der Waals surface area contributed by atoms with Crippen molar-refractivity contribution in [1.29, 1.82) is 0 Å². The quantitative estimate of drug-likeness (QED) is 0.671. The van der Waals surface area contributed by atoms with Crippen LogP contribution in [0.5, 0.6) is 0 Å². The predicted octanol–water partition coefficient (Wildman–Crippen LogP) is 3.34. The van der Waals surface area contributed by atoms with Crippen molar-refractivity contribution >= 4 is 0 Å². The lowest BCUT2D eigenvalue weighted by atomic mass is 10.2. The zero-order valence-corrected chi connectivity index (χ0v) is 13.6. The van der Waals surface area contributed by atoms with Crippen molar-refractivity contribution < 1.29 is 0 Å². The smallest absolute Gasteiger partial charge is 0.181 e. The van der Waals surface area contributed by atoms with Gasteiger partial charge in [-0.2, -0.15) is 10.2 Å². The van der Waals surface area contributed by atoms with E-state index in [1.807, 2.05) is 33.8 Å². The van der Waals surface area contributed by atoms with Crippen LogP contribution in [-0.2, 0) is 6.54 Å². The first kappa shape index (κ1) is 15.4. The zero-order chi connectivity index (χ0) is 16.1. The molecule has 0 aliphatic heterocycles. The molecule has 0 bridgehead atoms. The number of nitrogens with zero attached hydrogens (tertiary/aromatic N) is 6. The molecule has 1 atom stereocenters. The fourth-order valence-corrected chi connectivity index (χ4v) is 2.65. The van der Waals surface area contributed by atoms with Gasteiger partial charge in [0.25, 0.3) is 0 Å². The van der Waals surface area contributed by atoms with Gasteiger partial charge in [-0.15, -0.1) is 0 Å². The van der Waals surface area contributed by atoms with Crippen molar-refractivity contribution in [3.8, 4) is 11.4 Å². The molecule has 0 spiro atoms. The average molecular weight is 310 g/mol. The molecule has 0 unspecified atom stereocenters. The summed E-state index contributed by atoms with van der Waals surface area (Å²) in [6, 6.07) is 5.93. The molecular weight excluding hydrogens is 288 g/mol. The van der Waals surface area contributed by atoms with E-state index < -0.39 is 0 Å². The Kier molecular flexibility index (Phi) is 4.80. The van der Waals surface area contributed by atoms with Gasteiger partial charge in [-0.1, -0.05) is 20.3 Å². The molecule has 120 valence electrons. The number of pyridine rings is 1. The van der Waals surface area contributed by atoms with Crippen molar-refractivity contribution in [3.05, 3.63) is 48.8 Å². The first-order valence-electron chi connectivity index (χ1n) is 8.17. The lowest BCUT2D eigenvalue weighted by Crippen LogP contribution is -2.17. The van der Waals surface area contributed by atoms with Gasteiger partial charge in [0, 0.05) is 36.9 Å². The summed E-state index contributed by atoms with van der Waals surface area (Å²) >= 11 is 0. The summed E-state index contributed by atoms with van der Waals surface area (Å²) in [6.45, 7) is 5.21. The molecule has 0 radical (unpaired) electrons. The van der Waals surface area contributed by atoms with Crippen LogP contribution in [0.2, 0.25) is 0 Å². The minimum absolute atomic E-state index is 0.102. The Bertz CT molecular complexity index is 717. The van der Waals surface area contributed by atoms with Gasteiger partial charge < -0.3 is 0 Å². The topological polar surface area (TPSA) is 61.4 Å². The normalized spacial score (nSPS) is 12.4. The fourth-order valence-electron chi connectivity index (χ4n) is 2.65. The summed E-state index contributed by atoms with van der Waals surface area (Å²) in [4.78, 5) is 8.89. The zero-order valence-electron chi connectivity index (χ0n) is 13.6. The second-order valence-electron chi connectivity index (χ2n) is 5.52. The van der Waals surface area contributed by atoms with Crippen LogP contribution < -0.4 is 0 Å². The third-order valence-electron chi connectivity index (χ3n) is 3.89. The van der Waals surface area contributed by atoms with E-state index in [0.29, 0.717) is 0 Å². The van der Waals surface area contributed by atoms with Crippen LogP contribution in [0.25, 0.3) is 11.4 Å². The Hall–Kier alpha value is -2.50. The lowest BCUT2D eigenvalue weighted by Gasteiger charge is -2.15. The lowest BCUT2D eigenvalue weighted by molar-refractivity contribution is 0.438. The average Bonchev–Trinajstić information content (AvgIpc) is 3.25. The summed E-state index contributed by atoms with van der Waals surface area (Å²) in [5, 5.41) is 9.13. The molecule has 0 aliphatic carbocycles. The molecule has 3 aromatic heterocycles. The monoisotopic (exact) mass is 310 g/mol. The van der Waals surface area contributed by atoms with Gasteiger partial charge in [-0.25, -0.2) is 9.67 Å². The molecule has 0 saturated carbocycles. The second kappa shape index (κ2) is 7.17. The molecule has 0 aliphatic rings. The van der Waals surface area contributed by atoms with Gasteiger partial charge in [0.05, 0.1) is 0 Å². The van der Waals surface area contributed by atoms with Crippen LogP contribution in [0.4, 0.5) is 0 Å². The largest absolute Gasteiger partial charge is 0.265 e. The SMILES string of the molecule is CCCCn1nc(-c2ccncc2)nc1[C@@H](CC)n1cccn1. The third kappa shape index (κ3) is 3.31. The first-order chi connectivity index (χ1) is 11.3. The van der Waals surface area contributed by atoms with Crippen LogP contribution in [-0.4, -0.2) is 29.5 Å². The highest BCUT2D eigenvalue weighted by Gasteiger charge is 2.21. The second-order valence-corrected chi connectivity index (χ2v) is 5.52. The number of unbranched alkanes of at least 4 members (excludes halogenated alkanes) is 1. The minimum atomic E-state index is 0.102. The molecule has 3 aromatic rings. The molecule has 3 heterocycles. The first-order valence-corrected chi connectivity index (χ1v) is 8.17. The van der Waals surface area contributed by atoms with E-state index in [0.717, 1.165) is 43.0 Å². The van der Waals surface area contributed by atoms with Crippen LogP contribution >= 0.6 is 0 Å². The highest BCUT2D eigenvalue weighted by atomic mass is 15.4. The molecule has 6 nitrogen and oxygen atoms in total. The van der Waals surface area contributed by atoms with Gasteiger partial charge >= 0.3 is 0 Å². The maximum atomic E-state index is 4.82. The summed E-state index contributed by atoms with van der Waals surface area (Å²) in [6.07, 6.45) is 10.5. The summed E-state index contributed by atoms with van der Waals surface area (Å²) < 4.78 is 4.00. The van der Waals surface area contributed by atoms with E-state index in [2.05, 4.69) is 23.9 Å². The Morgan fingerprint density at radius 2 is 1.96 bits per heavy atom. The molecule has 23 heavy (non-hydrogen) atoms. The van der Waals surface area contributed by atoms with Crippen LogP contribution in [0.3, 0.4) is 0 Å². The predicted molar refractivity (Wildman–Crippen MR) is 88.8 cm³/mol. The van der Waals surface area contributed by atoms with E-state index >= 15 is 0 Å². The molecular formula is C17H22N6. The van der Waals surface area contributed by atoms with Crippen LogP contribution in [0.15, 0.2) is 43.0 Å². The maximum Gasteiger partial charge on any atom is 0.181 e. The number of rotatable bonds is 7. The Labute approximate surface area is 136 Å². The van der Waals surface area contributed by atoms with Gasteiger partial charge in [-0.3, -0.25) is 9.67 Å². The van der Waals surface area contributed by atoms with Crippen LogP contribution in [0.1, 0.15) is 45.0 Å². The van der Waals surface area contributed by atoms with Crippen molar-refractivity contribution in [2.24, 2.45) is 0 Å². The minimum Gasteiger partial charge on any atom is -0.265 e. The van der Waals surface area contributed by atoms with E-state index in [1.54, 1.807) is 18.6 Å². The molecule has 0 aromatic carbocycles. The fraction of sp³-hybridized carbons (Fsp3) is 0.412. The van der Waals surface area contributed by atoms with Gasteiger partial charge in [0.2, 0.25) is 0 Å². The van der Waals surface area contributed by atoms with Crippen molar-refractivity contribution in [1.82, 2.24) is 29.5 Å². The van der Waals surface area contributed by atoms with E-state index in [-0.39, 0.29) is 6.04 Å². The summed E-state index contributed by atoms with van der Waals surface area (Å²) in [5.74, 6) is 1.72. The summed E-state index contributed by atoms with van der Waals surface area (Å²) in [7, 11) is 0. The van der Waals surface area contributed by atoms with Crippen molar-refractivity contribution in [2.75, 3.05) is 0 Å². The Balaban J connectivity index is 2.01. The standard InChI is InChI=1S/C17H22N6/c1-3-5-12-23-17(15(4-2)22-13-6-9-19-22)20-16(21-23)14-7-10-18-11-8-14/h6-11,13,15H,3-5,12H2,1-2H3/t15-/m1/s1. The Morgan fingerprint density at radius 3 is 2.61 bits per heavy atom. The number of hydrogen-bond acceptors (Lipinski definition) is 4. The molecule has 0 fully saturated rings.